The highest BCUT2D eigenvalue weighted by molar-refractivity contribution is 5.89. The van der Waals surface area contributed by atoms with E-state index in [-0.39, 0.29) is 24.4 Å². The molecule has 129 heavy (non-hydrogen) atoms. The standard InChI is InChI=1S/C25H30N6O2.C25H25N5O.C24H26F3N5O2.C24H29N5O2/c1-3-19(4-2-17(1)13-21-20-5-6-28-25(20)30-16-29-21)33-23-15-18(31-9-11-32-12-10-31)14-22-24(23)27-8-7-26-22;1-17-27-11-8-21(30-17)14-18-2-4-22(5-3-18)31-24-16-20(19-6-9-26-10-7-19)15-23-25(24)29-13-12-28-23;25-24(26,27)22-15-30-17(14-31-22)11-16-1-3-19(4-2-16)34-21-13-18(32-7-9-33-10-8-32)12-20-23(21)29-6-5-28-20;1-17-15-25-16-19(28-17)12-18-2-4-21(5-3-18)31-23-14-20(29-8-10-30-11-9-29)13-22-24(23)27-7-6-26-22/h7-8,14-17,19H,1-6,9-13H2,(H,28,29,30);6-13,15-16,18,22H,2-5,14H2,1H3;5-6,12-16,19H,1-4,7-11H2;6-7,13-16,18,21H,2-5,8-12H2,1H3. The molecule has 9 aromatic heterocycles. The molecule has 670 valence electrons. The normalized spacial score (nSPS) is 21.3. The Balaban J connectivity index is 0.000000116. The second-order valence-corrected chi connectivity index (χ2v) is 34.9. The van der Waals surface area contributed by atoms with Crippen molar-refractivity contribution in [1.82, 2.24) is 84.7 Å². The largest absolute Gasteiger partial charge is 0.488 e. The van der Waals surface area contributed by atoms with Gasteiger partial charge in [-0.25, -0.2) is 44.9 Å². The van der Waals surface area contributed by atoms with Crippen LogP contribution in [0, 0.1) is 37.5 Å². The first-order chi connectivity index (χ1) is 63.3. The molecule has 0 atom stereocenters. The lowest BCUT2D eigenvalue weighted by molar-refractivity contribution is -0.141. The molecular formula is C98H110F3N21O7. The van der Waals surface area contributed by atoms with E-state index in [1.54, 1.807) is 68.3 Å². The number of hydrogen-bond acceptors (Lipinski definition) is 28. The number of rotatable bonds is 20. The van der Waals surface area contributed by atoms with Crippen molar-refractivity contribution in [3.63, 3.8) is 0 Å². The molecule has 13 aromatic rings. The predicted octanol–water partition coefficient (Wildman–Crippen LogP) is 16.6. The molecule has 4 aliphatic heterocycles. The third-order valence-electron chi connectivity index (χ3n) is 25.9. The van der Waals surface area contributed by atoms with E-state index < -0.39 is 11.9 Å². The lowest BCUT2D eigenvalue weighted by Crippen LogP contribution is -2.36. The van der Waals surface area contributed by atoms with Crippen LogP contribution in [0.5, 0.6) is 23.0 Å². The first-order valence-corrected chi connectivity index (χ1v) is 45.8. The zero-order valence-corrected chi connectivity index (χ0v) is 73.2. The monoisotopic (exact) mass is 1750 g/mol. The second kappa shape index (κ2) is 41.9. The molecule has 28 nitrogen and oxygen atoms in total. The van der Waals surface area contributed by atoms with Crippen LogP contribution in [-0.4, -0.2) is 195 Å². The molecule has 1 N–H and O–H groups in total. The lowest BCUT2D eigenvalue weighted by Gasteiger charge is -2.31. The van der Waals surface area contributed by atoms with E-state index in [1.165, 1.54) is 17.5 Å². The van der Waals surface area contributed by atoms with Gasteiger partial charge in [-0.05, 0) is 232 Å². The lowest BCUT2D eigenvalue weighted by atomic mass is 9.83. The minimum absolute atomic E-state index is 0.0556. The number of nitrogens with one attached hydrogen (secondary N) is 1. The number of morpholine rings is 3. The Hall–Kier alpha value is -12.2. The minimum atomic E-state index is -4.46. The Kier molecular flexibility index (Phi) is 28.4. The van der Waals surface area contributed by atoms with Gasteiger partial charge in [-0.15, -0.1) is 0 Å². The molecule has 0 bridgehead atoms. The van der Waals surface area contributed by atoms with Gasteiger partial charge >= 0.3 is 6.18 Å². The van der Waals surface area contributed by atoms with Crippen LogP contribution in [0.3, 0.4) is 0 Å². The van der Waals surface area contributed by atoms with Gasteiger partial charge in [0, 0.05) is 185 Å². The maximum atomic E-state index is 12.7. The van der Waals surface area contributed by atoms with Gasteiger partial charge in [-0.3, -0.25) is 39.9 Å². The van der Waals surface area contributed by atoms with E-state index in [0.29, 0.717) is 49.0 Å². The quantitative estimate of drug-likeness (QED) is 0.0741. The van der Waals surface area contributed by atoms with Crippen LogP contribution in [0.2, 0.25) is 0 Å². The van der Waals surface area contributed by atoms with E-state index in [1.807, 2.05) is 62.8 Å². The summed E-state index contributed by atoms with van der Waals surface area (Å²) in [6, 6.07) is 22.8. The molecule has 13 heterocycles. The summed E-state index contributed by atoms with van der Waals surface area (Å²) < 4.78 is 80.6. The van der Waals surface area contributed by atoms with Crippen LogP contribution >= 0.6 is 0 Å². The van der Waals surface area contributed by atoms with Crippen molar-refractivity contribution in [2.24, 2.45) is 23.7 Å². The highest BCUT2D eigenvalue weighted by atomic mass is 19.4. The Labute approximate surface area is 748 Å². The number of aromatic nitrogens is 17. The van der Waals surface area contributed by atoms with Gasteiger partial charge in [-0.2, -0.15) is 13.2 Å². The number of pyridine rings is 1. The van der Waals surface area contributed by atoms with E-state index in [9.17, 15) is 13.2 Å². The fraction of sp³-hybridized carbons (Fsp3) is 0.459. The number of alkyl halides is 3. The molecular weight excluding hydrogens is 1640 g/mol. The highest BCUT2D eigenvalue weighted by Gasteiger charge is 2.35. The molecule has 7 fully saturated rings. The van der Waals surface area contributed by atoms with Crippen molar-refractivity contribution in [3.05, 3.63) is 212 Å². The fourth-order valence-corrected chi connectivity index (χ4v) is 19.1. The summed E-state index contributed by atoms with van der Waals surface area (Å²) in [7, 11) is 0. The number of nitrogens with zero attached hydrogens (tertiary/aromatic N) is 20. The van der Waals surface area contributed by atoms with Crippen molar-refractivity contribution in [2.75, 3.05) is 105 Å². The maximum Gasteiger partial charge on any atom is 0.434 e. The minimum Gasteiger partial charge on any atom is -0.488 e. The van der Waals surface area contributed by atoms with Crippen molar-refractivity contribution in [2.45, 2.75) is 179 Å². The summed E-state index contributed by atoms with van der Waals surface area (Å²) in [5, 5.41) is 3.36. The Morgan fingerprint density at radius 3 is 1.23 bits per heavy atom. The first-order valence-electron chi connectivity index (χ1n) is 45.8. The van der Waals surface area contributed by atoms with Crippen LogP contribution in [0.25, 0.3) is 55.3 Å². The molecule has 8 aliphatic rings. The fourth-order valence-electron chi connectivity index (χ4n) is 19.1. The van der Waals surface area contributed by atoms with Gasteiger partial charge in [0.05, 0.1) is 109 Å². The molecule has 4 aromatic carbocycles. The van der Waals surface area contributed by atoms with E-state index in [4.69, 9.17) is 33.2 Å². The summed E-state index contributed by atoms with van der Waals surface area (Å²) in [6.45, 7) is 14.5. The molecule has 0 spiro atoms. The average Bonchev–Trinajstić information content (AvgIpc) is 1.39. The first kappa shape index (κ1) is 87.5. The van der Waals surface area contributed by atoms with Gasteiger partial charge in [0.25, 0.3) is 0 Å². The number of anilines is 4. The van der Waals surface area contributed by atoms with E-state index in [0.717, 1.165) is 331 Å². The van der Waals surface area contributed by atoms with Gasteiger partial charge in [0.1, 0.15) is 63.0 Å². The van der Waals surface area contributed by atoms with Crippen molar-refractivity contribution in [3.8, 4) is 34.1 Å². The summed E-state index contributed by atoms with van der Waals surface area (Å²) in [5.41, 5.74) is 17.6. The number of aryl methyl sites for hydroxylation is 2. The van der Waals surface area contributed by atoms with Crippen LogP contribution in [-0.2, 0) is 52.5 Å². The summed E-state index contributed by atoms with van der Waals surface area (Å²) in [5.74, 6) is 7.42. The Bertz CT molecular complexity index is 5870. The SMILES string of the molecule is Cc1cncc(CC2CCC(Oc3cc(N4CCOCC4)cc4nccnc34)CC2)n1.Cc1nccc(CC2CCC(Oc3cc(-c4ccncc4)cc4nccnc34)CC2)n1.FC(F)(F)c1cnc(CC2CCC(Oc3cc(N4CCOCC4)cc4nccnc34)CC2)cn1.c1nc(CC2CCC(Oc3cc(N4CCOCC4)cc4nccnc34)CC2)c2c(n1)NCC2. The number of benzene rings is 4. The van der Waals surface area contributed by atoms with Crippen LogP contribution in [0.15, 0.2) is 166 Å². The van der Waals surface area contributed by atoms with Gasteiger partial charge < -0.3 is 53.2 Å². The zero-order chi connectivity index (χ0) is 87.7. The summed E-state index contributed by atoms with van der Waals surface area (Å²) >= 11 is 0. The molecule has 31 heteroatoms. The molecule has 4 aliphatic carbocycles. The number of hydrogen-bond donors (Lipinski definition) is 1. The third kappa shape index (κ3) is 22.9. The average molecular weight is 1750 g/mol. The summed E-state index contributed by atoms with van der Waals surface area (Å²) in [6.07, 6.45) is 44.4. The van der Waals surface area contributed by atoms with Crippen molar-refractivity contribution in [1.29, 1.82) is 0 Å². The summed E-state index contributed by atoms with van der Waals surface area (Å²) in [4.78, 5) is 81.5. The molecule has 0 amide bonds. The van der Waals surface area contributed by atoms with E-state index in [2.05, 4.69) is 141 Å². The van der Waals surface area contributed by atoms with Gasteiger partial charge in [0.15, 0.2) is 5.69 Å². The van der Waals surface area contributed by atoms with Crippen molar-refractivity contribution < 1.29 is 46.3 Å². The number of halogens is 3. The predicted molar refractivity (Wildman–Crippen MR) is 486 cm³/mol. The topological polar surface area (TPSA) is 305 Å². The van der Waals surface area contributed by atoms with Crippen molar-refractivity contribution >= 4 is 67.0 Å². The maximum absolute atomic E-state index is 12.7. The number of ether oxygens (including phenoxy) is 7. The highest BCUT2D eigenvalue weighted by Crippen LogP contribution is 2.42. The van der Waals surface area contributed by atoms with Crippen LogP contribution in [0.4, 0.5) is 36.1 Å². The number of fused-ring (bicyclic) bond motifs is 5. The third-order valence-corrected chi connectivity index (χ3v) is 25.9. The Morgan fingerprint density at radius 1 is 0.372 bits per heavy atom. The van der Waals surface area contributed by atoms with Crippen LogP contribution < -0.4 is 39.0 Å². The molecule has 4 saturated carbocycles. The van der Waals surface area contributed by atoms with E-state index >= 15 is 0 Å². The molecule has 0 unspecified atom stereocenters. The zero-order valence-electron chi connectivity index (χ0n) is 73.2. The Morgan fingerprint density at radius 2 is 0.798 bits per heavy atom. The molecule has 3 saturated heterocycles. The van der Waals surface area contributed by atoms with Gasteiger partial charge in [-0.1, -0.05) is 0 Å². The second-order valence-electron chi connectivity index (χ2n) is 34.9. The van der Waals surface area contributed by atoms with Crippen LogP contribution in [0.1, 0.15) is 148 Å². The van der Waals surface area contributed by atoms with Gasteiger partial charge in [0.2, 0.25) is 0 Å². The molecule has 0 radical (unpaired) electrons. The molecule has 21 rings (SSSR count). The smallest absolute Gasteiger partial charge is 0.434 e.